The predicted octanol–water partition coefficient (Wildman–Crippen LogP) is 3.51. The summed E-state index contributed by atoms with van der Waals surface area (Å²) >= 11 is 1.14. The molecule has 2 aromatic carbocycles. The Morgan fingerprint density at radius 2 is 1.77 bits per heavy atom. The normalized spacial score (nSPS) is 22.8. The molecule has 4 rings (SSSR count). The molecule has 31 heavy (non-hydrogen) atoms. The van der Waals surface area contributed by atoms with Gasteiger partial charge in [0.25, 0.3) is 5.91 Å². The fourth-order valence-corrected chi connectivity index (χ4v) is 3.89. The lowest BCUT2D eigenvalue weighted by molar-refractivity contribution is -0.115. The number of thioether (sulfide) groups is 1. The average molecular weight is 436 g/mol. The molecule has 0 radical (unpaired) electrons. The second kappa shape index (κ2) is 8.58. The maximum Gasteiger partial charge on any atom is 0.335 e. The molecule has 2 unspecified atom stereocenters. The van der Waals surface area contributed by atoms with E-state index in [1.165, 1.54) is 24.3 Å². The number of hydrogen-bond donors (Lipinski definition) is 3. The molecule has 0 aromatic heterocycles. The third-order valence-corrected chi connectivity index (χ3v) is 5.48. The Bertz CT molecular complexity index is 1150. The first-order valence-electron chi connectivity index (χ1n) is 9.19. The maximum absolute atomic E-state index is 12.3. The van der Waals surface area contributed by atoms with Gasteiger partial charge in [0.1, 0.15) is 6.10 Å². The number of carbonyl (C=O) groups excluding carboxylic acids is 1. The molecule has 1 saturated heterocycles. The SMILES string of the molecule is O=C1NC(=Nc2cccc(C(=O)O)c2)S/C1=C\C1C=CC(c2ccc(C(=O)O)cc2)O1. The van der Waals surface area contributed by atoms with Gasteiger partial charge >= 0.3 is 11.9 Å². The minimum absolute atomic E-state index is 0.110. The van der Waals surface area contributed by atoms with Gasteiger partial charge < -0.3 is 20.3 Å². The number of aliphatic imine (C=N–C) groups is 1. The molecule has 2 aliphatic heterocycles. The number of ether oxygens (including phenoxy) is 1. The third kappa shape index (κ3) is 4.73. The molecule has 3 N–H and O–H groups in total. The Morgan fingerprint density at radius 3 is 2.48 bits per heavy atom. The molecule has 2 aromatic rings. The molecule has 2 atom stereocenters. The van der Waals surface area contributed by atoms with Crippen LogP contribution in [-0.2, 0) is 9.53 Å². The van der Waals surface area contributed by atoms with Crippen LogP contribution in [0, 0.1) is 0 Å². The van der Waals surface area contributed by atoms with Crippen molar-refractivity contribution in [3.63, 3.8) is 0 Å². The van der Waals surface area contributed by atoms with Crippen LogP contribution in [0.1, 0.15) is 32.4 Å². The zero-order valence-electron chi connectivity index (χ0n) is 15.9. The highest BCUT2D eigenvalue weighted by Gasteiger charge is 2.27. The third-order valence-electron chi connectivity index (χ3n) is 4.56. The van der Waals surface area contributed by atoms with Gasteiger partial charge in [-0.25, -0.2) is 14.6 Å². The van der Waals surface area contributed by atoms with Crippen molar-refractivity contribution < 1.29 is 29.3 Å². The number of rotatable bonds is 5. The Kier molecular flexibility index (Phi) is 5.70. The van der Waals surface area contributed by atoms with Crippen LogP contribution in [-0.4, -0.2) is 39.3 Å². The van der Waals surface area contributed by atoms with Crippen LogP contribution in [0.3, 0.4) is 0 Å². The summed E-state index contributed by atoms with van der Waals surface area (Å²) in [6.07, 6.45) is 4.58. The van der Waals surface area contributed by atoms with Crippen molar-refractivity contribution >= 4 is 40.5 Å². The Labute approximate surface area is 181 Å². The average Bonchev–Trinajstić information content (AvgIpc) is 3.35. The number of benzene rings is 2. The zero-order valence-corrected chi connectivity index (χ0v) is 16.7. The Morgan fingerprint density at radius 1 is 1.03 bits per heavy atom. The standard InChI is InChI=1S/C22H16N2O6S/c25-19-18(31-22(24-19)23-15-3-1-2-14(10-15)21(28)29)11-16-8-9-17(30-16)12-4-6-13(7-5-12)20(26)27/h1-11,16-17H,(H,26,27)(H,28,29)(H,23,24,25)/b18-11-. The molecule has 156 valence electrons. The number of aromatic carboxylic acids is 2. The number of hydrogen-bond acceptors (Lipinski definition) is 6. The molecule has 0 saturated carbocycles. The summed E-state index contributed by atoms with van der Waals surface area (Å²) < 4.78 is 5.92. The molecule has 1 fully saturated rings. The highest BCUT2D eigenvalue weighted by atomic mass is 32.2. The number of amidine groups is 1. The van der Waals surface area contributed by atoms with Gasteiger partial charge in [0.15, 0.2) is 5.17 Å². The van der Waals surface area contributed by atoms with Gasteiger partial charge in [0.2, 0.25) is 0 Å². The van der Waals surface area contributed by atoms with Crippen LogP contribution in [0.2, 0.25) is 0 Å². The van der Waals surface area contributed by atoms with E-state index in [1.54, 1.807) is 30.3 Å². The van der Waals surface area contributed by atoms with E-state index < -0.39 is 18.0 Å². The molecular formula is C22H16N2O6S. The van der Waals surface area contributed by atoms with Gasteiger partial charge in [-0.15, -0.1) is 0 Å². The largest absolute Gasteiger partial charge is 0.478 e. The monoisotopic (exact) mass is 436 g/mol. The molecule has 9 heteroatoms. The molecule has 0 spiro atoms. The van der Waals surface area contributed by atoms with Gasteiger partial charge in [-0.2, -0.15) is 0 Å². The van der Waals surface area contributed by atoms with Crippen molar-refractivity contribution in [3.8, 4) is 0 Å². The summed E-state index contributed by atoms with van der Waals surface area (Å²) in [5.41, 5.74) is 1.54. The second-order valence-electron chi connectivity index (χ2n) is 6.69. The Hall–Kier alpha value is -3.69. The first-order chi connectivity index (χ1) is 14.9. The van der Waals surface area contributed by atoms with Crippen LogP contribution < -0.4 is 5.32 Å². The van der Waals surface area contributed by atoms with E-state index in [0.717, 1.165) is 17.3 Å². The van der Waals surface area contributed by atoms with Crippen LogP contribution in [0.25, 0.3) is 0 Å². The fraction of sp³-hybridized carbons (Fsp3) is 0.0909. The van der Waals surface area contributed by atoms with Crippen LogP contribution in [0.5, 0.6) is 0 Å². The topological polar surface area (TPSA) is 125 Å². The van der Waals surface area contributed by atoms with E-state index in [2.05, 4.69) is 10.3 Å². The lowest BCUT2D eigenvalue weighted by Gasteiger charge is -2.12. The lowest BCUT2D eigenvalue weighted by atomic mass is 10.1. The van der Waals surface area contributed by atoms with Crippen molar-refractivity contribution in [1.82, 2.24) is 5.32 Å². The highest BCUT2D eigenvalue weighted by molar-refractivity contribution is 8.18. The first-order valence-corrected chi connectivity index (χ1v) is 10.0. The predicted molar refractivity (Wildman–Crippen MR) is 114 cm³/mol. The van der Waals surface area contributed by atoms with Crippen molar-refractivity contribution in [1.29, 1.82) is 0 Å². The summed E-state index contributed by atoms with van der Waals surface area (Å²) in [7, 11) is 0. The highest BCUT2D eigenvalue weighted by Crippen LogP contribution is 2.32. The van der Waals surface area contributed by atoms with E-state index in [9.17, 15) is 14.4 Å². The lowest BCUT2D eigenvalue weighted by Crippen LogP contribution is -2.19. The summed E-state index contributed by atoms with van der Waals surface area (Å²) in [6, 6.07) is 12.5. The minimum Gasteiger partial charge on any atom is -0.478 e. The van der Waals surface area contributed by atoms with Crippen molar-refractivity contribution in [3.05, 3.63) is 88.4 Å². The van der Waals surface area contributed by atoms with E-state index in [4.69, 9.17) is 14.9 Å². The van der Waals surface area contributed by atoms with Crippen LogP contribution in [0.4, 0.5) is 5.69 Å². The smallest absolute Gasteiger partial charge is 0.335 e. The van der Waals surface area contributed by atoms with Gasteiger partial charge in [0.05, 0.1) is 27.8 Å². The quantitative estimate of drug-likeness (QED) is 0.484. The molecule has 2 aliphatic rings. The van der Waals surface area contributed by atoms with Crippen LogP contribution in [0.15, 0.2) is 76.7 Å². The number of carboxylic acids is 2. The van der Waals surface area contributed by atoms with E-state index in [1.807, 2.05) is 12.2 Å². The van der Waals surface area contributed by atoms with Gasteiger partial charge in [-0.3, -0.25) is 4.79 Å². The van der Waals surface area contributed by atoms with Crippen molar-refractivity contribution in [2.75, 3.05) is 0 Å². The number of carbonyl (C=O) groups is 3. The van der Waals surface area contributed by atoms with E-state index in [-0.39, 0.29) is 23.1 Å². The molecule has 0 bridgehead atoms. The maximum atomic E-state index is 12.3. The number of nitrogens with one attached hydrogen (secondary N) is 1. The summed E-state index contributed by atoms with van der Waals surface area (Å²) in [4.78, 5) is 39.1. The Balaban J connectivity index is 1.43. The summed E-state index contributed by atoms with van der Waals surface area (Å²) in [6.45, 7) is 0. The summed E-state index contributed by atoms with van der Waals surface area (Å²) in [5, 5.41) is 21.1. The number of nitrogens with zero attached hydrogens (tertiary/aromatic N) is 1. The molecule has 1 amide bonds. The van der Waals surface area contributed by atoms with Crippen molar-refractivity contribution in [2.45, 2.75) is 12.2 Å². The molecular weight excluding hydrogens is 420 g/mol. The van der Waals surface area contributed by atoms with Crippen LogP contribution >= 0.6 is 11.8 Å². The zero-order chi connectivity index (χ0) is 22.0. The van der Waals surface area contributed by atoms with E-state index >= 15 is 0 Å². The number of carboxylic acid groups (broad SMARTS) is 2. The molecule has 8 nitrogen and oxygen atoms in total. The van der Waals surface area contributed by atoms with Gasteiger partial charge in [0, 0.05) is 0 Å². The first kappa shape index (κ1) is 20.6. The van der Waals surface area contributed by atoms with Crippen molar-refractivity contribution in [2.24, 2.45) is 4.99 Å². The van der Waals surface area contributed by atoms with Gasteiger partial charge in [-0.1, -0.05) is 30.4 Å². The minimum atomic E-state index is -1.05. The van der Waals surface area contributed by atoms with Gasteiger partial charge in [-0.05, 0) is 53.7 Å². The number of amides is 1. The summed E-state index contributed by atoms with van der Waals surface area (Å²) in [5.74, 6) is -2.36. The van der Waals surface area contributed by atoms with E-state index in [0.29, 0.717) is 15.8 Å². The second-order valence-corrected chi connectivity index (χ2v) is 7.72. The molecule has 2 heterocycles. The fourth-order valence-electron chi connectivity index (χ4n) is 3.04. The molecule has 0 aliphatic carbocycles.